The maximum atomic E-state index is 4.01. The topological polar surface area (TPSA) is 30.7 Å². The number of hydrogen-bond donors (Lipinski definition) is 0. The molecule has 0 amide bonds. The van der Waals surface area contributed by atoms with Crippen molar-refractivity contribution < 1.29 is 0 Å². The summed E-state index contributed by atoms with van der Waals surface area (Å²) in [7, 11) is 0.687. The van der Waals surface area contributed by atoms with Crippen molar-refractivity contribution in [1.29, 1.82) is 0 Å². The highest BCUT2D eigenvalue weighted by Crippen LogP contribution is 2.13. The SMILES string of the molecule is CPn1cc(C(C)C)nn1. The van der Waals surface area contributed by atoms with Gasteiger partial charge in [-0.05, 0) is 12.6 Å². The van der Waals surface area contributed by atoms with Gasteiger partial charge in [-0.1, -0.05) is 19.1 Å². The van der Waals surface area contributed by atoms with Gasteiger partial charge in [0, 0.05) is 8.73 Å². The Kier molecular flexibility index (Phi) is 2.39. The normalized spacial score (nSPS) is 12.0. The van der Waals surface area contributed by atoms with E-state index in [2.05, 4.69) is 30.8 Å². The van der Waals surface area contributed by atoms with E-state index in [0.29, 0.717) is 14.6 Å². The second kappa shape index (κ2) is 3.11. The van der Waals surface area contributed by atoms with Crippen LogP contribution in [0.2, 0.25) is 0 Å². The molecule has 0 radical (unpaired) electrons. The molecule has 1 rings (SSSR count). The van der Waals surface area contributed by atoms with Crippen LogP contribution >= 0.6 is 8.73 Å². The van der Waals surface area contributed by atoms with Crippen LogP contribution in [-0.2, 0) is 0 Å². The van der Waals surface area contributed by atoms with Gasteiger partial charge in [-0.3, -0.25) is 0 Å². The lowest BCUT2D eigenvalue weighted by Gasteiger charge is -1.94. The van der Waals surface area contributed by atoms with Crippen LogP contribution in [0.5, 0.6) is 0 Å². The molecule has 0 aromatic carbocycles. The molecular weight excluding hydrogens is 145 g/mol. The third-order valence-electron chi connectivity index (χ3n) is 1.33. The molecule has 1 unspecified atom stereocenters. The van der Waals surface area contributed by atoms with Crippen LogP contribution in [-0.4, -0.2) is 21.4 Å². The Bertz CT molecular complexity index is 207. The van der Waals surface area contributed by atoms with Gasteiger partial charge in [0.15, 0.2) is 0 Å². The smallest absolute Gasteiger partial charge is 0.0855 e. The summed E-state index contributed by atoms with van der Waals surface area (Å²) in [6, 6.07) is 0. The predicted molar refractivity (Wildman–Crippen MR) is 43.7 cm³/mol. The van der Waals surface area contributed by atoms with Gasteiger partial charge >= 0.3 is 0 Å². The molecule has 0 saturated heterocycles. The molecule has 4 heteroatoms. The van der Waals surface area contributed by atoms with Crippen molar-refractivity contribution in [3.05, 3.63) is 11.9 Å². The van der Waals surface area contributed by atoms with Gasteiger partial charge in [0.1, 0.15) is 0 Å². The Morgan fingerprint density at radius 1 is 1.60 bits per heavy atom. The molecule has 10 heavy (non-hydrogen) atoms. The van der Waals surface area contributed by atoms with Gasteiger partial charge in [0.2, 0.25) is 0 Å². The minimum absolute atomic E-state index is 0.491. The van der Waals surface area contributed by atoms with Gasteiger partial charge in [-0.15, -0.1) is 5.10 Å². The van der Waals surface area contributed by atoms with E-state index in [0.717, 1.165) is 5.69 Å². The van der Waals surface area contributed by atoms with Crippen LogP contribution in [0.25, 0.3) is 0 Å². The summed E-state index contributed by atoms with van der Waals surface area (Å²) >= 11 is 0. The summed E-state index contributed by atoms with van der Waals surface area (Å²) in [6.07, 6.45) is 2.00. The molecule has 56 valence electrons. The van der Waals surface area contributed by atoms with Crippen LogP contribution in [0.3, 0.4) is 0 Å². The van der Waals surface area contributed by atoms with Crippen molar-refractivity contribution in [2.45, 2.75) is 19.8 Å². The van der Waals surface area contributed by atoms with Gasteiger partial charge in [-0.25, -0.2) is 4.45 Å². The fourth-order valence-electron chi connectivity index (χ4n) is 0.651. The fourth-order valence-corrected chi connectivity index (χ4v) is 1.05. The number of nitrogens with zero attached hydrogens (tertiary/aromatic N) is 3. The van der Waals surface area contributed by atoms with E-state index in [-0.39, 0.29) is 0 Å². The molecule has 1 atom stereocenters. The first-order valence-corrected chi connectivity index (χ1v) is 4.78. The van der Waals surface area contributed by atoms with Gasteiger partial charge in [0.25, 0.3) is 0 Å². The maximum Gasteiger partial charge on any atom is 0.0855 e. The molecule has 0 bridgehead atoms. The maximum absolute atomic E-state index is 4.01. The molecule has 1 aromatic rings. The van der Waals surface area contributed by atoms with Crippen LogP contribution in [0.15, 0.2) is 6.20 Å². The summed E-state index contributed by atoms with van der Waals surface area (Å²) in [5, 5.41) is 7.94. The fraction of sp³-hybridized carbons (Fsp3) is 0.667. The van der Waals surface area contributed by atoms with E-state index >= 15 is 0 Å². The predicted octanol–water partition coefficient (Wildman–Crippen LogP) is 1.47. The molecule has 1 aromatic heterocycles. The van der Waals surface area contributed by atoms with Crippen molar-refractivity contribution >= 4 is 8.73 Å². The summed E-state index contributed by atoms with van der Waals surface area (Å²) in [5.74, 6) is 0.491. The van der Waals surface area contributed by atoms with E-state index in [1.807, 2.05) is 10.6 Å². The molecule has 0 spiro atoms. The molecular formula is C6H12N3P. The average Bonchev–Trinajstić information content (AvgIpc) is 2.34. The average molecular weight is 157 g/mol. The highest BCUT2D eigenvalue weighted by atomic mass is 31.1. The summed E-state index contributed by atoms with van der Waals surface area (Å²) in [6.45, 7) is 6.32. The second-order valence-electron chi connectivity index (χ2n) is 2.47. The lowest BCUT2D eigenvalue weighted by molar-refractivity contribution is 0.799. The Labute approximate surface area is 62.7 Å². The number of rotatable bonds is 2. The zero-order valence-electron chi connectivity index (χ0n) is 6.50. The van der Waals surface area contributed by atoms with E-state index in [1.54, 1.807) is 0 Å². The quantitative estimate of drug-likeness (QED) is 0.608. The first-order valence-electron chi connectivity index (χ1n) is 3.34. The summed E-state index contributed by atoms with van der Waals surface area (Å²) in [5.41, 5.74) is 1.08. The molecule has 1 heterocycles. The molecule has 0 fully saturated rings. The standard InChI is InChI=1S/C6H12N3P/c1-5(2)6-4-9(10-3)8-7-6/h4-5,10H,1-3H3. The van der Waals surface area contributed by atoms with Crippen LogP contribution in [0.4, 0.5) is 0 Å². The lowest BCUT2D eigenvalue weighted by Crippen LogP contribution is -1.85. The molecule has 0 aliphatic heterocycles. The molecule has 0 N–H and O–H groups in total. The van der Waals surface area contributed by atoms with Crippen LogP contribution in [0, 0.1) is 0 Å². The van der Waals surface area contributed by atoms with Crippen molar-refractivity contribution in [3.63, 3.8) is 0 Å². The van der Waals surface area contributed by atoms with Crippen molar-refractivity contribution in [2.24, 2.45) is 0 Å². The van der Waals surface area contributed by atoms with Gasteiger partial charge in [0.05, 0.1) is 11.9 Å². The van der Waals surface area contributed by atoms with E-state index in [1.165, 1.54) is 0 Å². The van der Waals surface area contributed by atoms with E-state index in [4.69, 9.17) is 0 Å². The van der Waals surface area contributed by atoms with E-state index in [9.17, 15) is 0 Å². The Morgan fingerprint density at radius 3 is 2.60 bits per heavy atom. The Morgan fingerprint density at radius 2 is 2.30 bits per heavy atom. The molecule has 0 aliphatic carbocycles. The third kappa shape index (κ3) is 1.54. The minimum Gasteiger partial charge on any atom is -0.235 e. The van der Waals surface area contributed by atoms with Crippen LogP contribution in [0.1, 0.15) is 25.5 Å². The molecule has 0 saturated carbocycles. The zero-order valence-corrected chi connectivity index (χ0v) is 7.50. The van der Waals surface area contributed by atoms with Gasteiger partial charge in [-0.2, -0.15) is 0 Å². The first-order chi connectivity index (χ1) is 4.74. The van der Waals surface area contributed by atoms with Crippen molar-refractivity contribution in [1.82, 2.24) is 14.8 Å². The highest BCUT2D eigenvalue weighted by Gasteiger charge is 2.02. The monoisotopic (exact) mass is 157 g/mol. The third-order valence-corrected chi connectivity index (χ3v) is 2.01. The van der Waals surface area contributed by atoms with Crippen LogP contribution < -0.4 is 0 Å². The van der Waals surface area contributed by atoms with E-state index < -0.39 is 0 Å². The summed E-state index contributed by atoms with van der Waals surface area (Å²) in [4.78, 5) is 0. The number of hydrogen-bond acceptors (Lipinski definition) is 2. The molecule has 0 aliphatic rings. The van der Waals surface area contributed by atoms with Crippen molar-refractivity contribution in [2.75, 3.05) is 6.66 Å². The van der Waals surface area contributed by atoms with Crippen molar-refractivity contribution in [3.8, 4) is 0 Å². The lowest BCUT2D eigenvalue weighted by atomic mass is 10.2. The number of aromatic nitrogens is 3. The highest BCUT2D eigenvalue weighted by molar-refractivity contribution is 7.35. The zero-order chi connectivity index (χ0) is 7.56. The van der Waals surface area contributed by atoms with Gasteiger partial charge < -0.3 is 0 Å². The second-order valence-corrected chi connectivity index (χ2v) is 3.37. The Hall–Kier alpha value is -0.430. The Balaban J connectivity index is 2.78. The largest absolute Gasteiger partial charge is 0.235 e. The minimum atomic E-state index is 0.491. The summed E-state index contributed by atoms with van der Waals surface area (Å²) < 4.78 is 1.87. The first kappa shape index (κ1) is 7.67. The molecule has 3 nitrogen and oxygen atoms in total.